The summed E-state index contributed by atoms with van der Waals surface area (Å²) in [6.07, 6.45) is 1.95. The van der Waals surface area contributed by atoms with E-state index in [9.17, 15) is 9.59 Å². The van der Waals surface area contributed by atoms with E-state index in [1.165, 1.54) is 0 Å². The molecule has 1 aliphatic heterocycles. The highest BCUT2D eigenvalue weighted by atomic mass is 16.4. The summed E-state index contributed by atoms with van der Waals surface area (Å²) in [5.74, 6) is -0.387. The number of nitrogens with zero attached hydrogens (tertiary/aromatic N) is 1. The Kier molecular flexibility index (Phi) is 3.94. The Balaban J connectivity index is 2.63. The predicted octanol–water partition coefficient (Wildman–Crippen LogP) is 1.75. The normalized spacial score (nSPS) is 25.9. The highest BCUT2D eigenvalue weighted by Crippen LogP contribution is 2.30. The predicted molar refractivity (Wildman–Crippen MR) is 61.0 cm³/mol. The van der Waals surface area contributed by atoms with Gasteiger partial charge >= 0.3 is 5.97 Å². The second-order valence-corrected chi connectivity index (χ2v) is 5.38. The van der Waals surface area contributed by atoms with E-state index in [1.54, 1.807) is 11.8 Å². The summed E-state index contributed by atoms with van der Waals surface area (Å²) in [4.78, 5) is 24.7. The molecule has 1 N–H and O–H groups in total. The van der Waals surface area contributed by atoms with E-state index in [2.05, 4.69) is 0 Å². The van der Waals surface area contributed by atoms with Crippen LogP contribution in [0.2, 0.25) is 0 Å². The lowest BCUT2D eigenvalue weighted by molar-refractivity contribution is -0.153. The summed E-state index contributed by atoms with van der Waals surface area (Å²) >= 11 is 0. The third kappa shape index (κ3) is 2.97. The van der Waals surface area contributed by atoms with Crippen molar-refractivity contribution in [3.63, 3.8) is 0 Å². The molecule has 0 aromatic heterocycles. The van der Waals surface area contributed by atoms with Crippen LogP contribution in [0.3, 0.4) is 0 Å². The molecule has 4 nitrogen and oxygen atoms in total. The summed E-state index contributed by atoms with van der Waals surface area (Å²) in [6, 6.07) is 0. The lowest BCUT2D eigenvalue weighted by Crippen LogP contribution is -2.48. The number of carbonyl (C=O) groups is 2. The Morgan fingerprint density at radius 2 is 2.06 bits per heavy atom. The van der Waals surface area contributed by atoms with Crippen molar-refractivity contribution in [2.24, 2.45) is 11.3 Å². The van der Waals surface area contributed by atoms with Gasteiger partial charge in [-0.2, -0.15) is 0 Å². The van der Waals surface area contributed by atoms with Crippen LogP contribution in [0.15, 0.2) is 0 Å². The van der Waals surface area contributed by atoms with E-state index >= 15 is 0 Å². The van der Waals surface area contributed by atoms with Crippen molar-refractivity contribution in [1.29, 1.82) is 0 Å². The Labute approximate surface area is 96.6 Å². The van der Waals surface area contributed by atoms with Gasteiger partial charge in [0.2, 0.25) is 5.91 Å². The molecule has 1 amide bonds. The molecule has 0 radical (unpaired) electrons. The second kappa shape index (κ2) is 4.85. The lowest BCUT2D eigenvalue weighted by atomic mass is 9.82. The SMILES string of the molecule is CC(C)CC(=O)N1CCCC(C)(C(=O)O)C1. The summed E-state index contributed by atoms with van der Waals surface area (Å²) in [6.45, 7) is 6.78. The van der Waals surface area contributed by atoms with Crippen LogP contribution in [-0.4, -0.2) is 35.0 Å². The number of rotatable bonds is 3. The van der Waals surface area contributed by atoms with E-state index in [0.29, 0.717) is 31.8 Å². The summed E-state index contributed by atoms with van der Waals surface area (Å²) < 4.78 is 0. The monoisotopic (exact) mass is 227 g/mol. The van der Waals surface area contributed by atoms with Gasteiger partial charge in [0.05, 0.1) is 5.41 Å². The summed E-state index contributed by atoms with van der Waals surface area (Å²) in [7, 11) is 0. The maximum absolute atomic E-state index is 11.9. The quantitative estimate of drug-likeness (QED) is 0.799. The smallest absolute Gasteiger partial charge is 0.311 e. The average molecular weight is 227 g/mol. The molecule has 1 atom stereocenters. The molecule has 0 aromatic rings. The molecule has 0 aromatic carbocycles. The molecule has 0 bridgehead atoms. The molecule has 0 aliphatic carbocycles. The molecule has 16 heavy (non-hydrogen) atoms. The molecule has 1 saturated heterocycles. The first-order valence-corrected chi connectivity index (χ1v) is 5.86. The van der Waals surface area contributed by atoms with Crippen molar-refractivity contribution in [1.82, 2.24) is 4.90 Å². The van der Waals surface area contributed by atoms with Gasteiger partial charge in [-0.3, -0.25) is 9.59 Å². The van der Waals surface area contributed by atoms with Crippen LogP contribution in [0.5, 0.6) is 0 Å². The molecule has 1 heterocycles. The van der Waals surface area contributed by atoms with Gasteiger partial charge in [0.25, 0.3) is 0 Å². The standard InChI is InChI=1S/C12H21NO3/c1-9(2)7-10(14)13-6-4-5-12(3,8-13)11(15)16/h9H,4-8H2,1-3H3,(H,15,16). The maximum atomic E-state index is 11.9. The molecular formula is C12H21NO3. The molecular weight excluding hydrogens is 206 g/mol. The van der Waals surface area contributed by atoms with Crippen LogP contribution in [0, 0.1) is 11.3 Å². The van der Waals surface area contributed by atoms with Gasteiger partial charge in [-0.15, -0.1) is 0 Å². The average Bonchev–Trinajstić information content (AvgIpc) is 2.16. The summed E-state index contributed by atoms with van der Waals surface area (Å²) in [5.41, 5.74) is -0.759. The van der Waals surface area contributed by atoms with Gasteiger partial charge in [0.1, 0.15) is 0 Å². The zero-order valence-corrected chi connectivity index (χ0v) is 10.3. The minimum absolute atomic E-state index is 0.0853. The van der Waals surface area contributed by atoms with Crippen molar-refractivity contribution in [3.8, 4) is 0 Å². The number of hydrogen-bond donors (Lipinski definition) is 1. The first kappa shape index (κ1) is 13.0. The third-order valence-corrected chi connectivity index (χ3v) is 3.15. The zero-order valence-electron chi connectivity index (χ0n) is 10.3. The highest BCUT2D eigenvalue weighted by molar-refractivity contribution is 5.79. The van der Waals surface area contributed by atoms with E-state index in [-0.39, 0.29) is 5.91 Å². The maximum Gasteiger partial charge on any atom is 0.311 e. The van der Waals surface area contributed by atoms with Gasteiger partial charge in [-0.25, -0.2) is 0 Å². The molecule has 1 aliphatic rings. The first-order valence-electron chi connectivity index (χ1n) is 5.86. The number of carboxylic acids is 1. The largest absolute Gasteiger partial charge is 0.481 e. The number of aliphatic carboxylic acids is 1. The zero-order chi connectivity index (χ0) is 12.3. The number of hydrogen-bond acceptors (Lipinski definition) is 2. The Morgan fingerprint density at radius 1 is 1.44 bits per heavy atom. The third-order valence-electron chi connectivity index (χ3n) is 3.15. The molecule has 0 saturated carbocycles. The van der Waals surface area contributed by atoms with Crippen LogP contribution >= 0.6 is 0 Å². The van der Waals surface area contributed by atoms with Crippen molar-refractivity contribution < 1.29 is 14.7 Å². The van der Waals surface area contributed by atoms with E-state index < -0.39 is 11.4 Å². The van der Waals surface area contributed by atoms with Crippen LogP contribution in [0.4, 0.5) is 0 Å². The molecule has 1 fully saturated rings. The Bertz CT molecular complexity index is 288. The van der Waals surface area contributed by atoms with Gasteiger partial charge in [0.15, 0.2) is 0 Å². The van der Waals surface area contributed by atoms with Crippen molar-refractivity contribution in [2.45, 2.75) is 40.0 Å². The van der Waals surface area contributed by atoms with Crippen LogP contribution in [-0.2, 0) is 9.59 Å². The van der Waals surface area contributed by atoms with Gasteiger partial charge in [-0.05, 0) is 25.7 Å². The fraction of sp³-hybridized carbons (Fsp3) is 0.833. The van der Waals surface area contributed by atoms with Crippen LogP contribution < -0.4 is 0 Å². The minimum atomic E-state index is -0.797. The Hall–Kier alpha value is -1.06. The number of carbonyl (C=O) groups excluding carboxylic acids is 1. The van der Waals surface area contributed by atoms with Crippen molar-refractivity contribution in [3.05, 3.63) is 0 Å². The molecule has 1 unspecified atom stereocenters. The number of carboxylic acid groups (broad SMARTS) is 1. The fourth-order valence-corrected chi connectivity index (χ4v) is 2.11. The minimum Gasteiger partial charge on any atom is -0.481 e. The lowest BCUT2D eigenvalue weighted by Gasteiger charge is -2.37. The van der Waals surface area contributed by atoms with E-state index in [4.69, 9.17) is 5.11 Å². The molecule has 4 heteroatoms. The van der Waals surface area contributed by atoms with Crippen LogP contribution in [0.25, 0.3) is 0 Å². The number of likely N-dealkylation sites (tertiary alicyclic amines) is 1. The number of amides is 1. The van der Waals surface area contributed by atoms with E-state index in [1.807, 2.05) is 13.8 Å². The molecule has 1 rings (SSSR count). The Morgan fingerprint density at radius 3 is 2.56 bits per heavy atom. The van der Waals surface area contributed by atoms with Gasteiger partial charge in [0, 0.05) is 19.5 Å². The molecule has 0 spiro atoms. The van der Waals surface area contributed by atoms with Gasteiger partial charge in [-0.1, -0.05) is 13.8 Å². The van der Waals surface area contributed by atoms with Crippen molar-refractivity contribution in [2.75, 3.05) is 13.1 Å². The first-order chi connectivity index (χ1) is 7.35. The fourth-order valence-electron chi connectivity index (χ4n) is 2.11. The second-order valence-electron chi connectivity index (χ2n) is 5.38. The number of piperidine rings is 1. The topological polar surface area (TPSA) is 57.6 Å². The van der Waals surface area contributed by atoms with Gasteiger partial charge < -0.3 is 10.0 Å². The summed E-state index contributed by atoms with van der Waals surface area (Å²) in [5, 5.41) is 9.14. The highest BCUT2D eigenvalue weighted by Gasteiger charge is 2.39. The van der Waals surface area contributed by atoms with E-state index in [0.717, 1.165) is 6.42 Å². The van der Waals surface area contributed by atoms with Crippen molar-refractivity contribution >= 4 is 11.9 Å². The van der Waals surface area contributed by atoms with Crippen LogP contribution in [0.1, 0.15) is 40.0 Å². The molecule has 92 valence electrons.